The third-order valence-electron chi connectivity index (χ3n) is 6.98. The second-order valence-electron chi connectivity index (χ2n) is 8.61. The predicted octanol–water partition coefficient (Wildman–Crippen LogP) is 7.26. The van der Waals surface area contributed by atoms with Crippen molar-refractivity contribution < 1.29 is 0 Å². The van der Waals surface area contributed by atoms with E-state index in [9.17, 15) is 5.26 Å². The molecule has 1 heteroatoms. The van der Waals surface area contributed by atoms with Crippen LogP contribution in [0.3, 0.4) is 0 Å². The van der Waals surface area contributed by atoms with E-state index in [2.05, 4.69) is 19.9 Å². The Labute approximate surface area is 145 Å². The third-order valence-corrected chi connectivity index (χ3v) is 6.98. The van der Waals surface area contributed by atoms with Crippen molar-refractivity contribution in [3.8, 4) is 6.07 Å². The zero-order valence-corrected chi connectivity index (χ0v) is 15.8. The van der Waals surface area contributed by atoms with Gasteiger partial charge in [0.1, 0.15) is 0 Å². The summed E-state index contributed by atoms with van der Waals surface area (Å²) in [4.78, 5) is 0. The van der Waals surface area contributed by atoms with Crippen LogP contribution < -0.4 is 0 Å². The first-order chi connectivity index (χ1) is 11.2. The van der Waals surface area contributed by atoms with Gasteiger partial charge in [-0.05, 0) is 62.7 Å². The zero-order chi connectivity index (χ0) is 16.5. The lowest BCUT2D eigenvalue weighted by molar-refractivity contribution is 0.115. The average molecular weight is 318 g/mol. The number of unbranched alkanes of at least 4 members (excludes halogenated alkanes) is 3. The summed E-state index contributed by atoms with van der Waals surface area (Å²) in [6.45, 7) is 4.53. The van der Waals surface area contributed by atoms with Crippen LogP contribution in [0.15, 0.2) is 0 Å². The SMILES string of the molecule is CCCCCCC1CCC([C@H]2CC[C@](C#N)(CCC)CC2)CC1. The molecule has 2 aliphatic carbocycles. The first-order valence-electron chi connectivity index (χ1n) is 10.6. The molecule has 0 spiro atoms. The molecule has 0 aromatic rings. The van der Waals surface area contributed by atoms with Crippen molar-refractivity contribution in [2.24, 2.45) is 23.2 Å². The van der Waals surface area contributed by atoms with Gasteiger partial charge in [0.25, 0.3) is 0 Å². The fraction of sp³-hybridized carbons (Fsp3) is 0.955. The number of nitrogens with zero attached hydrogens (tertiary/aromatic N) is 1. The maximum absolute atomic E-state index is 9.57. The second kappa shape index (κ2) is 9.71. The Bertz CT molecular complexity index is 351. The topological polar surface area (TPSA) is 23.8 Å². The molecule has 2 saturated carbocycles. The average Bonchev–Trinajstić information content (AvgIpc) is 2.60. The number of rotatable bonds is 8. The van der Waals surface area contributed by atoms with Crippen LogP contribution in [0.5, 0.6) is 0 Å². The summed E-state index contributed by atoms with van der Waals surface area (Å²) in [7, 11) is 0. The summed E-state index contributed by atoms with van der Waals surface area (Å²) < 4.78 is 0. The maximum atomic E-state index is 9.57. The van der Waals surface area contributed by atoms with Gasteiger partial charge < -0.3 is 0 Å². The molecule has 2 aliphatic rings. The van der Waals surface area contributed by atoms with E-state index in [1.165, 1.54) is 89.9 Å². The maximum Gasteiger partial charge on any atom is 0.0689 e. The van der Waals surface area contributed by atoms with E-state index in [0.717, 1.165) is 24.2 Å². The highest BCUT2D eigenvalue weighted by Crippen LogP contribution is 2.47. The van der Waals surface area contributed by atoms with E-state index in [1.807, 2.05) is 0 Å². The van der Waals surface area contributed by atoms with Crippen LogP contribution >= 0.6 is 0 Å². The Morgan fingerprint density at radius 3 is 2.04 bits per heavy atom. The Balaban J connectivity index is 1.67. The van der Waals surface area contributed by atoms with Crippen molar-refractivity contribution in [3.63, 3.8) is 0 Å². The summed E-state index contributed by atoms with van der Waals surface area (Å²) >= 11 is 0. The number of nitriles is 1. The van der Waals surface area contributed by atoms with Crippen LogP contribution in [0.1, 0.15) is 110 Å². The lowest BCUT2D eigenvalue weighted by Crippen LogP contribution is -2.31. The van der Waals surface area contributed by atoms with Gasteiger partial charge in [-0.1, -0.05) is 65.2 Å². The van der Waals surface area contributed by atoms with E-state index in [0.29, 0.717) is 0 Å². The summed E-state index contributed by atoms with van der Waals surface area (Å²) in [5.74, 6) is 2.96. The fourth-order valence-electron chi connectivity index (χ4n) is 5.37. The molecule has 0 N–H and O–H groups in total. The number of hydrogen-bond donors (Lipinski definition) is 0. The van der Waals surface area contributed by atoms with Crippen molar-refractivity contribution in [1.29, 1.82) is 5.26 Å². The van der Waals surface area contributed by atoms with E-state index in [1.54, 1.807) is 0 Å². The summed E-state index contributed by atoms with van der Waals surface area (Å²) in [6, 6.07) is 2.68. The van der Waals surface area contributed by atoms with Crippen molar-refractivity contribution in [3.05, 3.63) is 0 Å². The molecular formula is C22H39N. The Hall–Kier alpha value is -0.510. The van der Waals surface area contributed by atoms with E-state index in [4.69, 9.17) is 0 Å². The highest BCUT2D eigenvalue weighted by molar-refractivity contribution is 5.02. The molecular weight excluding hydrogens is 278 g/mol. The minimum atomic E-state index is 0.0434. The third kappa shape index (κ3) is 5.51. The monoisotopic (exact) mass is 317 g/mol. The first kappa shape index (κ1) is 18.8. The van der Waals surface area contributed by atoms with Crippen LogP contribution in [0.25, 0.3) is 0 Å². The molecule has 0 radical (unpaired) electrons. The van der Waals surface area contributed by atoms with Gasteiger partial charge in [0, 0.05) is 0 Å². The van der Waals surface area contributed by atoms with Crippen molar-refractivity contribution in [1.82, 2.24) is 0 Å². The highest BCUT2D eigenvalue weighted by atomic mass is 14.4. The normalized spacial score (nSPS) is 34.9. The molecule has 0 unspecified atom stereocenters. The molecule has 0 bridgehead atoms. The molecule has 0 saturated heterocycles. The van der Waals surface area contributed by atoms with Gasteiger partial charge in [-0.15, -0.1) is 0 Å². The number of hydrogen-bond acceptors (Lipinski definition) is 1. The van der Waals surface area contributed by atoms with Gasteiger partial charge in [-0.2, -0.15) is 5.26 Å². The van der Waals surface area contributed by atoms with Crippen LogP contribution in [0, 0.1) is 34.5 Å². The van der Waals surface area contributed by atoms with Gasteiger partial charge in [-0.25, -0.2) is 0 Å². The van der Waals surface area contributed by atoms with Gasteiger partial charge in [0.2, 0.25) is 0 Å². The standard InChI is InChI=1S/C22H39N/c1-3-5-6-7-8-19-9-11-20(12-10-19)21-13-16-22(18-23,15-4-2)17-14-21/h19-21H,3-17H2,1-2H3/t19?,20?,21-,22+. The summed E-state index contributed by atoms with van der Waals surface area (Å²) in [5.41, 5.74) is 0.0434. The van der Waals surface area contributed by atoms with Gasteiger partial charge in [0.05, 0.1) is 11.5 Å². The molecule has 0 atom stereocenters. The second-order valence-corrected chi connectivity index (χ2v) is 8.61. The zero-order valence-electron chi connectivity index (χ0n) is 15.8. The quantitative estimate of drug-likeness (QED) is 0.432. The first-order valence-corrected chi connectivity index (χ1v) is 10.6. The van der Waals surface area contributed by atoms with E-state index < -0.39 is 0 Å². The van der Waals surface area contributed by atoms with Crippen molar-refractivity contribution in [2.75, 3.05) is 0 Å². The Morgan fingerprint density at radius 2 is 1.48 bits per heavy atom. The molecule has 132 valence electrons. The molecule has 0 aromatic carbocycles. The molecule has 2 rings (SSSR count). The van der Waals surface area contributed by atoms with Crippen LogP contribution in [0.2, 0.25) is 0 Å². The van der Waals surface area contributed by atoms with Crippen LogP contribution in [0.4, 0.5) is 0 Å². The van der Waals surface area contributed by atoms with Gasteiger partial charge >= 0.3 is 0 Å². The summed E-state index contributed by atoms with van der Waals surface area (Å²) in [5, 5.41) is 9.57. The Morgan fingerprint density at radius 1 is 0.826 bits per heavy atom. The molecule has 23 heavy (non-hydrogen) atoms. The van der Waals surface area contributed by atoms with Crippen molar-refractivity contribution >= 4 is 0 Å². The summed E-state index contributed by atoms with van der Waals surface area (Å²) in [6.07, 6.45) is 20.5. The Kier molecular flexibility index (Phi) is 7.94. The molecule has 0 heterocycles. The van der Waals surface area contributed by atoms with Gasteiger partial charge in [0.15, 0.2) is 0 Å². The fourth-order valence-corrected chi connectivity index (χ4v) is 5.37. The lowest BCUT2D eigenvalue weighted by Gasteiger charge is -2.40. The van der Waals surface area contributed by atoms with Crippen LogP contribution in [-0.2, 0) is 0 Å². The minimum Gasteiger partial charge on any atom is -0.198 e. The minimum absolute atomic E-state index is 0.0434. The molecule has 0 amide bonds. The lowest BCUT2D eigenvalue weighted by atomic mass is 9.63. The largest absolute Gasteiger partial charge is 0.198 e. The van der Waals surface area contributed by atoms with Crippen LogP contribution in [-0.4, -0.2) is 0 Å². The molecule has 1 nitrogen and oxygen atoms in total. The molecule has 2 fully saturated rings. The van der Waals surface area contributed by atoms with E-state index in [-0.39, 0.29) is 5.41 Å². The van der Waals surface area contributed by atoms with Crippen molar-refractivity contribution in [2.45, 2.75) is 110 Å². The predicted molar refractivity (Wildman–Crippen MR) is 99.1 cm³/mol. The molecule has 0 aliphatic heterocycles. The van der Waals surface area contributed by atoms with Gasteiger partial charge in [-0.3, -0.25) is 0 Å². The van der Waals surface area contributed by atoms with E-state index >= 15 is 0 Å². The molecule has 0 aromatic heterocycles. The highest BCUT2D eigenvalue weighted by Gasteiger charge is 2.37. The smallest absolute Gasteiger partial charge is 0.0689 e.